The lowest BCUT2D eigenvalue weighted by Gasteiger charge is -2.12. The molecule has 2 rings (SSSR count). The highest BCUT2D eigenvalue weighted by Crippen LogP contribution is 2.13. The molecule has 0 saturated carbocycles. The van der Waals surface area contributed by atoms with Crippen molar-refractivity contribution in [3.8, 4) is 0 Å². The van der Waals surface area contributed by atoms with Crippen LogP contribution in [0.1, 0.15) is 18.6 Å². The number of aromatic nitrogens is 1. The van der Waals surface area contributed by atoms with Crippen LogP contribution < -0.4 is 5.32 Å². The van der Waals surface area contributed by atoms with Crippen molar-refractivity contribution in [3.05, 3.63) is 17.8 Å². The monoisotopic (exact) mass is 260 g/mol. The molecule has 17 heavy (non-hydrogen) atoms. The van der Waals surface area contributed by atoms with Crippen LogP contribution in [-0.4, -0.2) is 42.2 Å². The molecule has 2 N–H and O–H groups in total. The quantitative estimate of drug-likeness (QED) is 0.757. The highest BCUT2D eigenvalue weighted by atomic mass is 32.2. The van der Waals surface area contributed by atoms with Crippen molar-refractivity contribution >= 4 is 9.84 Å². The van der Waals surface area contributed by atoms with Crippen molar-refractivity contribution < 1.29 is 17.9 Å². The van der Waals surface area contributed by atoms with E-state index in [0.29, 0.717) is 12.4 Å². The van der Waals surface area contributed by atoms with Gasteiger partial charge in [0.15, 0.2) is 9.84 Å². The fourth-order valence-electron chi connectivity index (χ4n) is 1.84. The van der Waals surface area contributed by atoms with Crippen LogP contribution in [-0.2, 0) is 22.8 Å². The number of nitrogens with one attached hydrogen (secondary N) is 1. The maximum absolute atomic E-state index is 11.3. The molecule has 2 unspecified atom stereocenters. The Hall–Kier alpha value is -0.920. The predicted octanol–water partition coefficient (Wildman–Crippen LogP) is -0.515. The van der Waals surface area contributed by atoms with Gasteiger partial charge in [-0.25, -0.2) is 13.4 Å². The zero-order chi connectivity index (χ0) is 12.5. The Morgan fingerprint density at radius 3 is 2.88 bits per heavy atom. The number of aryl methyl sites for hydroxylation is 1. The van der Waals surface area contributed by atoms with Gasteiger partial charge in [0, 0.05) is 12.5 Å². The van der Waals surface area contributed by atoms with E-state index in [0.717, 1.165) is 12.2 Å². The summed E-state index contributed by atoms with van der Waals surface area (Å²) in [6.07, 6.45) is 1.58. The lowest BCUT2D eigenvalue weighted by molar-refractivity contribution is 0.163. The van der Waals surface area contributed by atoms with Gasteiger partial charge in [0.05, 0.1) is 30.4 Å². The Bertz CT molecular complexity index is 482. The van der Waals surface area contributed by atoms with Crippen LogP contribution in [0.25, 0.3) is 0 Å². The van der Waals surface area contributed by atoms with Crippen LogP contribution in [0.3, 0.4) is 0 Å². The third-order valence-electron chi connectivity index (χ3n) is 2.79. The van der Waals surface area contributed by atoms with E-state index in [-0.39, 0.29) is 11.5 Å². The molecule has 0 amide bonds. The molecule has 1 aliphatic heterocycles. The van der Waals surface area contributed by atoms with Crippen LogP contribution in [0, 0.1) is 0 Å². The standard InChI is InChI=1S/C10H16N2O4S/c1-2-7-3-12-10(16-7)4-11-8-5-17(14,15)6-9(8)13/h3,8-9,11,13H,2,4-6H2,1H3. The Kier molecular flexibility index (Phi) is 3.50. The molecule has 0 aromatic carbocycles. The number of sulfone groups is 1. The first-order chi connectivity index (χ1) is 8.00. The smallest absolute Gasteiger partial charge is 0.208 e. The first-order valence-electron chi connectivity index (χ1n) is 5.55. The lowest BCUT2D eigenvalue weighted by Crippen LogP contribution is -2.38. The van der Waals surface area contributed by atoms with Crippen LogP contribution in [0.2, 0.25) is 0 Å². The maximum Gasteiger partial charge on any atom is 0.208 e. The third-order valence-corrected chi connectivity index (χ3v) is 4.50. The van der Waals surface area contributed by atoms with E-state index in [9.17, 15) is 13.5 Å². The third kappa shape index (κ3) is 3.05. The lowest BCUT2D eigenvalue weighted by atomic mass is 10.2. The van der Waals surface area contributed by atoms with E-state index in [1.165, 1.54) is 0 Å². The number of hydrogen-bond acceptors (Lipinski definition) is 6. The molecule has 0 radical (unpaired) electrons. The molecular formula is C10H16N2O4S. The molecule has 6 nitrogen and oxygen atoms in total. The summed E-state index contributed by atoms with van der Waals surface area (Å²) in [7, 11) is -3.11. The summed E-state index contributed by atoms with van der Waals surface area (Å²) >= 11 is 0. The molecule has 1 fully saturated rings. The fraction of sp³-hybridized carbons (Fsp3) is 0.700. The summed E-state index contributed by atoms with van der Waals surface area (Å²) in [5.74, 6) is 1.10. The van der Waals surface area contributed by atoms with Gasteiger partial charge in [0.1, 0.15) is 5.76 Å². The summed E-state index contributed by atoms with van der Waals surface area (Å²) in [6, 6.07) is -0.433. The van der Waals surface area contributed by atoms with Crippen molar-refractivity contribution in [2.45, 2.75) is 32.0 Å². The molecule has 1 aliphatic rings. The second-order valence-corrected chi connectivity index (χ2v) is 6.36. The Balaban J connectivity index is 1.90. The molecule has 1 aromatic rings. The molecule has 0 spiro atoms. The molecular weight excluding hydrogens is 244 g/mol. The van der Waals surface area contributed by atoms with E-state index in [2.05, 4.69) is 10.3 Å². The van der Waals surface area contributed by atoms with Crippen molar-refractivity contribution in [3.63, 3.8) is 0 Å². The number of aliphatic hydroxyl groups excluding tert-OH is 1. The average molecular weight is 260 g/mol. The van der Waals surface area contributed by atoms with E-state index in [1.54, 1.807) is 6.20 Å². The number of hydrogen-bond donors (Lipinski definition) is 2. The summed E-state index contributed by atoms with van der Waals surface area (Å²) in [5, 5.41) is 12.5. The first-order valence-corrected chi connectivity index (χ1v) is 7.38. The normalized spacial score (nSPS) is 27.4. The van der Waals surface area contributed by atoms with Crippen molar-refractivity contribution in [2.75, 3.05) is 11.5 Å². The number of rotatable bonds is 4. The number of nitrogens with zero attached hydrogens (tertiary/aromatic N) is 1. The fourth-order valence-corrected chi connectivity index (χ4v) is 3.61. The first kappa shape index (κ1) is 12.5. The number of aliphatic hydroxyl groups is 1. The highest BCUT2D eigenvalue weighted by Gasteiger charge is 2.36. The molecule has 0 aliphatic carbocycles. The van der Waals surface area contributed by atoms with Crippen LogP contribution in [0.5, 0.6) is 0 Å². The van der Waals surface area contributed by atoms with Gasteiger partial charge < -0.3 is 14.8 Å². The molecule has 1 saturated heterocycles. The second kappa shape index (κ2) is 4.75. The van der Waals surface area contributed by atoms with Gasteiger partial charge in [0.2, 0.25) is 5.89 Å². The Labute approximate surface area is 100.0 Å². The van der Waals surface area contributed by atoms with Crippen molar-refractivity contribution in [1.29, 1.82) is 0 Å². The summed E-state index contributed by atoms with van der Waals surface area (Å²) in [6.45, 7) is 2.29. The van der Waals surface area contributed by atoms with Crippen molar-refractivity contribution in [2.24, 2.45) is 0 Å². The maximum atomic E-state index is 11.3. The SMILES string of the molecule is CCc1cnc(CNC2CS(=O)(=O)CC2O)o1. The minimum Gasteiger partial charge on any atom is -0.444 e. The van der Waals surface area contributed by atoms with Crippen molar-refractivity contribution in [1.82, 2.24) is 10.3 Å². The van der Waals surface area contributed by atoms with Gasteiger partial charge in [0.25, 0.3) is 0 Å². The average Bonchev–Trinajstić information content (AvgIpc) is 2.79. The molecule has 2 atom stereocenters. The van der Waals surface area contributed by atoms with Gasteiger partial charge in [-0.3, -0.25) is 0 Å². The Morgan fingerprint density at radius 1 is 1.59 bits per heavy atom. The van der Waals surface area contributed by atoms with Gasteiger partial charge in [-0.05, 0) is 0 Å². The highest BCUT2D eigenvalue weighted by molar-refractivity contribution is 7.91. The summed E-state index contributed by atoms with van der Waals surface area (Å²) in [5.41, 5.74) is 0. The van der Waals surface area contributed by atoms with E-state index < -0.39 is 22.0 Å². The largest absolute Gasteiger partial charge is 0.444 e. The van der Waals surface area contributed by atoms with Gasteiger partial charge in [-0.1, -0.05) is 6.92 Å². The molecule has 0 bridgehead atoms. The van der Waals surface area contributed by atoms with E-state index in [1.807, 2.05) is 6.92 Å². The zero-order valence-electron chi connectivity index (χ0n) is 9.59. The van der Waals surface area contributed by atoms with Gasteiger partial charge >= 0.3 is 0 Å². The number of oxazole rings is 1. The van der Waals surface area contributed by atoms with Crippen LogP contribution >= 0.6 is 0 Å². The molecule has 2 heterocycles. The minimum absolute atomic E-state index is 0.0322. The van der Waals surface area contributed by atoms with E-state index in [4.69, 9.17) is 4.42 Å². The summed E-state index contributed by atoms with van der Waals surface area (Å²) < 4.78 is 27.9. The topological polar surface area (TPSA) is 92.4 Å². The molecule has 96 valence electrons. The van der Waals surface area contributed by atoms with E-state index >= 15 is 0 Å². The summed E-state index contributed by atoms with van der Waals surface area (Å²) in [4.78, 5) is 4.05. The van der Waals surface area contributed by atoms with Crippen LogP contribution in [0.4, 0.5) is 0 Å². The second-order valence-electron chi connectivity index (χ2n) is 4.21. The zero-order valence-corrected chi connectivity index (χ0v) is 10.4. The van der Waals surface area contributed by atoms with Gasteiger partial charge in [-0.15, -0.1) is 0 Å². The Morgan fingerprint density at radius 2 is 2.35 bits per heavy atom. The minimum atomic E-state index is -3.11. The van der Waals surface area contributed by atoms with Gasteiger partial charge in [-0.2, -0.15) is 0 Å². The molecule has 1 aromatic heterocycles. The predicted molar refractivity (Wildman–Crippen MR) is 61.2 cm³/mol. The molecule has 7 heteroatoms. The van der Waals surface area contributed by atoms with Crippen LogP contribution in [0.15, 0.2) is 10.6 Å².